The van der Waals surface area contributed by atoms with Crippen LogP contribution in [0.3, 0.4) is 0 Å². The lowest BCUT2D eigenvalue weighted by Crippen LogP contribution is -2.36. The quantitative estimate of drug-likeness (QED) is 0.764. The van der Waals surface area contributed by atoms with Crippen LogP contribution in [0.5, 0.6) is 0 Å². The molecule has 21 heavy (non-hydrogen) atoms. The topological polar surface area (TPSA) is 88.0 Å². The number of hydrogen-bond donors (Lipinski definition) is 2. The second-order valence-electron chi connectivity index (χ2n) is 4.94. The predicted molar refractivity (Wildman–Crippen MR) is 82.9 cm³/mol. The van der Waals surface area contributed by atoms with Crippen LogP contribution in [-0.4, -0.2) is 50.2 Å². The van der Waals surface area contributed by atoms with E-state index >= 15 is 0 Å². The number of nitrogens with zero attached hydrogens (tertiary/aromatic N) is 4. The van der Waals surface area contributed by atoms with Crippen molar-refractivity contribution in [2.24, 2.45) is 14.1 Å². The number of fused-ring (bicyclic) bond motifs is 1. The number of aryl methyl sites for hydroxylation is 1. The lowest BCUT2D eigenvalue weighted by molar-refractivity contribution is 0.316. The third-order valence-electron chi connectivity index (χ3n) is 3.71. The van der Waals surface area contributed by atoms with E-state index in [4.69, 9.17) is 0 Å². The van der Waals surface area contributed by atoms with Crippen molar-refractivity contribution in [2.75, 3.05) is 31.5 Å². The lowest BCUT2D eigenvalue weighted by atomic mass is 10.5. The Balaban J connectivity index is 2.24. The van der Waals surface area contributed by atoms with Gasteiger partial charge in [0.15, 0.2) is 11.2 Å². The number of imidazole rings is 1. The van der Waals surface area contributed by atoms with Crippen LogP contribution in [0.25, 0.3) is 11.2 Å². The van der Waals surface area contributed by atoms with Gasteiger partial charge in [-0.3, -0.25) is 13.9 Å². The van der Waals surface area contributed by atoms with Gasteiger partial charge in [0.25, 0.3) is 5.56 Å². The molecule has 0 atom stereocenters. The number of anilines is 1. The molecule has 8 heteroatoms. The monoisotopic (exact) mass is 294 g/mol. The van der Waals surface area contributed by atoms with E-state index in [2.05, 4.69) is 34.0 Å². The van der Waals surface area contributed by atoms with Crippen molar-refractivity contribution < 1.29 is 0 Å². The Morgan fingerprint density at radius 1 is 1.19 bits per heavy atom. The average molecular weight is 294 g/mol. The summed E-state index contributed by atoms with van der Waals surface area (Å²) >= 11 is 0. The molecule has 0 saturated carbocycles. The maximum atomic E-state index is 12.0. The molecule has 2 heterocycles. The van der Waals surface area contributed by atoms with Crippen molar-refractivity contribution in [3.05, 3.63) is 20.8 Å². The molecule has 0 aliphatic carbocycles. The Kier molecular flexibility index (Phi) is 4.46. The summed E-state index contributed by atoms with van der Waals surface area (Å²) < 4.78 is 2.43. The van der Waals surface area contributed by atoms with Gasteiger partial charge in [-0.05, 0) is 13.1 Å². The van der Waals surface area contributed by atoms with Gasteiger partial charge in [-0.25, -0.2) is 4.79 Å². The highest BCUT2D eigenvalue weighted by atomic mass is 16.2. The normalized spacial score (nSPS) is 11.5. The molecule has 0 aliphatic rings. The van der Waals surface area contributed by atoms with Crippen LogP contribution in [0, 0.1) is 0 Å². The van der Waals surface area contributed by atoms with Crippen molar-refractivity contribution in [1.82, 2.24) is 24.0 Å². The Hall–Kier alpha value is -2.09. The molecule has 2 aromatic heterocycles. The third kappa shape index (κ3) is 2.85. The first-order chi connectivity index (χ1) is 9.99. The van der Waals surface area contributed by atoms with Gasteiger partial charge < -0.3 is 15.2 Å². The molecule has 8 nitrogen and oxygen atoms in total. The van der Waals surface area contributed by atoms with Crippen LogP contribution >= 0.6 is 0 Å². The first-order valence-electron chi connectivity index (χ1n) is 7.11. The van der Waals surface area contributed by atoms with E-state index in [9.17, 15) is 9.59 Å². The van der Waals surface area contributed by atoms with E-state index < -0.39 is 0 Å². The van der Waals surface area contributed by atoms with Crippen LogP contribution in [0.1, 0.15) is 13.8 Å². The summed E-state index contributed by atoms with van der Waals surface area (Å²) in [6.45, 7) is 7.83. The summed E-state index contributed by atoms with van der Waals surface area (Å²) in [6.07, 6.45) is 0. The summed E-state index contributed by atoms with van der Waals surface area (Å²) in [6, 6.07) is 0. The molecule has 0 amide bonds. The van der Waals surface area contributed by atoms with Gasteiger partial charge in [0.1, 0.15) is 0 Å². The molecule has 0 bridgehead atoms. The number of nitrogens with one attached hydrogen (secondary N) is 2. The summed E-state index contributed by atoms with van der Waals surface area (Å²) in [4.78, 5) is 33.4. The Labute approximate surface area is 122 Å². The molecule has 0 aromatic carbocycles. The third-order valence-corrected chi connectivity index (χ3v) is 3.71. The lowest BCUT2D eigenvalue weighted by Gasteiger charge is -2.17. The zero-order valence-electron chi connectivity index (χ0n) is 12.9. The number of aromatic amines is 1. The van der Waals surface area contributed by atoms with E-state index in [0.717, 1.165) is 30.7 Å². The fourth-order valence-electron chi connectivity index (χ4n) is 2.28. The molecule has 2 aromatic rings. The predicted octanol–water partition coefficient (Wildman–Crippen LogP) is -0.286. The molecule has 116 valence electrons. The van der Waals surface area contributed by atoms with Crippen molar-refractivity contribution in [3.8, 4) is 0 Å². The maximum absolute atomic E-state index is 12.0. The Morgan fingerprint density at radius 3 is 2.48 bits per heavy atom. The molecule has 0 fully saturated rings. The SMILES string of the molecule is CCN(CC)CCNc1nc2c([nH]1)c(=O)n(C)c(=O)n2C. The molecule has 0 spiro atoms. The van der Waals surface area contributed by atoms with Gasteiger partial charge in [0.2, 0.25) is 5.95 Å². The minimum Gasteiger partial charge on any atom is -0.354 e. The molecule has 0 saturated heterocycles. The van der Waals surface area contributed by atoms with Crippen LogP contribution in [0.15, 0.2) is 9.59 Å². The minimum atomic E-state index is -0.381. The second-order valence-corrected chi connectivity index (χ2v) is 4.94. The number of hydrogen-bond acceptors (Lipinski definition) is 5. The maximum Gasteiger partial charge on any atom is 0.332 e. The van der Waals surface area contributed by atoms with E-state index in [0.29, 0.717) is 17.1 Å². The Morgan fingerprint density at radius 2 is 1.86 bits per heavy atom. The number of rotatable bonds is 6. The van der Waals surface area contributed by atoms with E-state index in [1.807, 2.05) is 0 Å². The highest BCUT2D eigenvalue weighted by Crippen LogP contribution is 2.07. The summed E-state index contributed by atoms with van der Waals surface area (Å²) in [7, 11) is 3.06. The van der Waals surface area contributed by atoms with E-state index in [1.54, 1.807) is 7.05 Å². The molecule has 0 unspecified atom stereocenters. The van der Waals surface area contributed by atoms with Crippen LogP contribution in [-0.2, 0) is 14.1 Å². The molecular formula is C13H22N6O2. The van der Waals surface area contributed by atoms with E-state index in [-0.39, 0.29) is 11.2 Å². The van der Waals surface area contributed by atoms with Crippen LogP contribution < -0.4 is 16.6 Å². The van der Waals surface area contributed by atoms with Gasteiger partial charge >= 0.3 is 5.69 Å². The molecular weight excluding hydrogens is 272 g/mol. The molecule has 2 rings (SSSR count). The van der Waals surface area contributed by atoms with Crippen molar-refractivity contribution in [3.63, 3.8) is 0 Å². The van der Waals surface area contributed by atoms with Crippen LogP contribution in [0.4, 0.5) is 5.95 Å². The fourth-order valence-corrected chi connectivity index (χ4v) is 2.28. The van der Waals surface area contributed by atoms with Gasteiger partial charge in [-0.15, -0.1) is 0 Å². The zero-order chi connectivity index (χ0) is 15.6. The summed E-state index contributed by atoms with van der Waals surface area (Å²) in [5.74, 6) is 0.510. The van der Waals surface area contributed by atoms with Crippen molar-refractivity contribution in [2.45, 2.75) is 13.8 Å². The molecule has 0 radical (unpaired) electrons. The average Bonchev–Trinajstić information content (AvgIpc) is 2.92. The largest absolute Gasteiger partial charge is 0.354 e. The van der Waals surface area contributed by atoms with Gasteiger partial charge in [0.05, 0.1) is 0 Å². The van der Waals surface area contributed by atoms with Gasteiger partial charge in [-0.2, -0.15) is 4.98 Å². The van der Waals surface area contributed by atoms with Crippen molar-refractivity contribution in [1.29, 1.82) is 0 Å². The number of aromatic nitrogens is 4. The first kappa shape index (κ1) is 15.3. The zero-order valence-corrected chi connectivity index (χ0v) is 12.9. The molecule has 0 aliphatic heterocycles. The summed E-state index contributed by atoms with van der Waals surface area (Å²) in [5.41, 5.74) is -0.0375. The first-order valence-corrected chi connectivity index (χ1v) is 7.11. The van der Waals surface area contributed by atoms with E-state index in [1.165, 1.54) is 11.6 Å². The smallest absolute Gasteiger partial charge is 0.332 e. The van der Waals surface area contributed by atoms with Gasteiger partial charge in [-0.1, -0.05) is 13.8 Å². The summed E-state index contributed by atoms with van der Waals surface area (Å²) in [5, 5.41) is 3.15. The standard InChI is InChI=1S/C13H22N6O2/c1-5-19(6-2)8-7-14-12-15-9-10(16-12)17(3)13(21)18(4)11(9)20/h5-8H2,1-4H3,(H2,14,15,16). The van der Waals surface area contributed by atoms with Gasteiger partial charge in [0, 0.05) is 27.2 Å². The highest BCUT2D eigenvalue weighted by molar-refractivity contribution is 5.72. The van der Waals surface area contributed by atoms with Crippen LogP contribution in [0.2, 0.25) is 0 Å². The second kappa shape index (κ2) is 6.13. The molecule has 2 N–H and O–H groups in total. The number of likely N-dealkylation sites (N-methyl/N-ethyl adjacent to an activating group) is 1. The highest BCUT2D eigenvalue weighted by Gasteiger charge is 2.13. The minimum absolute atomic E-state index is 0.338. The fraction of sp³-hybridized carbons (Fsp3) is 0.615. The van der Waals surface area contributed by atoms with Crippen molar-refractivity contribution >= 4 is 17.1 Å². The Bertz CT molecular complexity index is 737. The number of H-pyrrole nitrogens is 1.